The second-order valence-electron chi connectivity index (χ2n) is 19.7. The Morgan fingerprint density at radius 2 is 0.243 bits per heavy atom. The molecule has 0 N–H and O–H groups in total. The zero-order valence-electron chi connectivity index (χ0n) is 45.3. The predicted octanol–water partition coefficient (Wildman–Crippen LogP) is 25.4. The van der Waals surface area contributed by atoms with E-state index in [4.69, 9.17) is 0 Å². The van der Waals surface area contributed by atoms with Gasteiger partial charge in [-0.3, -0.25) is 0 Å². The highest BCUT2D eigenvalue weighted by atomic mass is 32.2. The zero-order valence-corrected chi connectivity index (χ0v) is 53.5. The molecule has 0 saturated carbocycles. The highest BCUT2D eigenvalue weighted by Crippen LogP contribution is 2.49. The summed E-state index contributed by atoms with van der Waals surface area (Å²) in [5, 5.41) is 0. The van der Waals surface area contributed by atoms with Gasteiger partial charge in [0.25, 0.3) is 0 Å². The minimum atomic E-state index is 1.21. The van der Waals surface area contributed by atoms with E-state index in [1.54, 1.807) is 95.8 Å². The van der Waals surface area contributed by atoms with Gasteiger partial charge in [0.1, 0.15) is 0 Å². The predicted molar refractivity (Wildman–Crippen MR) is 341 cm³/mol. The van der Waals surface area contributed by atoms with Gasteiger partial charge in [0, 0.05) is 0 Å². The molecule has 10 bridgehead atoms. The molecule has 0 aromatic carbocycles. The van der Waals surface area contributed by atoms with Gasteiger partial charge in [-0.1, -0.05) is 133 Å². The van der Waals surface area contributed by atoms with Gasteiger partial charge in [-0.2, -0.15) is 0 Å². The third-order valence-electron chi connectivity index (χ3n) is 13.9. The molecule has 390 valence electrons. The summed E-state index contributed by atoms with van der Waals surface area (Å²) in [5.74, 6) is 0. The number of hydrogen-bond donors (Lipinski definition) is 0. The van der Waals surface area contributed by atoms with Gasteiger partial charge < -0.3 is 0 Å². The minimum absolute atomic E-state index is 1.21. The van der Waals surface area contributed by atoms with Crippen molar-refractivity contribution >= 4 is 154 Å². The number of rotatable bonds is 30. The summed E-state index contributed by atoms with van der Waals surface area (Å²) in [5.41, 5.74) is 17.1. The molecule has 6 heterocycles. The molecule has 6 rings (SSSR count). The molecule has 0 aliphatic rings. The minimum Gasteiger partial charge on any atom is -0.114 e. The summed E-state index contributed by atoms with van der Waals surface area (Å²) in [6, 6.07) is 0. The smallest absolute Gasteiger partial charge is 0.0857 e. The van der Waals surface area contributed by atoms with Crippen molar-refractivity contribution in [2.75, 3.05) is 0 Å². The summed E-state index contributed by atoms with van der Waals surface area (Å²) >= 11 is 22.0. The molecule has 0 aliphatic heterocycles. The Balaban J connectivity index is 1.95. The fourth-order valence-electron chi connectivity index (χ4n) is 9.58. The number of aryl methyl sites for hydroxylation is 10. The number of thiophene rings is 5. The topological polar surface area (TPSA) is 0 Å². The molecule has 10 heteroatoms. The maximum atomic E-state index is 2.40. The summed E-state index contributed by atoms with van der Waals surface area (Å²) in [6.45, 7) is 24.0. The monoisotopic (exact) mass is 1130 g/mol. The standard InChI is InChI=1S/C60H90S10/c1-11-21-31-41-42(32-22-12-2)52-61-51(41)66-53-43(33-23-13-3)44(34-24-14-4)55(62-53)68-57-47(37-27-17-7)48(38-28-18-8)59(64-57)70-60-50(40-30-20-10)49(39-29-19-9)58(65-60)69-56-46(36-26-16-6)45(35-25-15-5)54(63-56)67-52/h11-40H2,1-10H3. The lowest BCUT2D eigenvalue weighted by Crippen LogP contribution is -1.92. The first kappa shape index (κ1) is 58.9. The van der Waals surface area contributed by atoms with E-state index in [1.807, 2.05) is 0 Å². The fraction of sp³-hybridized carbons (Fsp3) is 0.667. The summed E-state index contributed by atoms with van der Waals surface area (Å²) in [4.78, 5) is 0. The number of hydrogen-bond acceptors (Lipinski definition) is 10. The largest absolute Gasteiger partial charge is 0.114 e. The van der Waals surface area contributed by atoms with E-state index >= 15 is 0 Å². The molecular formula is C60H90S10. The van der Waals surface area contributed by atoms with Crippen LogP contribution in [-0.2, 0) is 64.2 Å². The molecule has 6 aromatic heterocycles. The number of unbranched alkanes of at least 4 members (excludes halogenated alkanes) is 10. The summed E-state index contributed by atoms with van der Waals surface area (Å²) < 4.78 is 16.2. The van der Waals surface area contributed by atoms with Crippen LogP contribution in [0.25, 0.3) is 40.1 Å². The van der Waals surface area contributed by atoms with E-state index in [-0.39, 0.29) is 0 Å². The van der Waals surface area contributed by atoms with Crippen LogP contribution in [0.1, 0.15) is 253 Å². The lowest BCUT2D eigenvalue weighted by atomic mass is 10.0. The van der Waals surface area contributed by atoms with Crippen LogP contribution in [0.15, 0.2) is 0 Å². The van der Waals surface area contributed by atoms with Crippen LogP contribution in [0.4, 0.5) is 0 Å². The van der Waals surface area contributed by atoms with Crippen molar-refractivity contribution in [3.8, 4) is 0 Å². The summed E-state index contributed by atoms with van der Waals surface area (Å²) in [7, 11) is 0. The van der Waals surface area contributed by atoms with Crippen LogP contribution >= 0.6 is 113 Å². The van der Waals surface area contributed by atoms with Gasteiger partial charge in [-0.15, -0.1) is 113 Å². The Labute approximate surface area is 466 Å². The molecular weight excluding hydrogens is 1040 g/mol. The Bertz CT molecular complexity index is 2120. The maximum absolute atomic E-state index is 2.40. The van der Waals surface area contributed by atoms with Gasteiger partial charge in [-0.25, -0.2) is 0 Å². The number of fused-ring (bicyclic) bond motifs is 10. The molecule has 0 unspecified atom stereocenters. The average Bonchev–Trinajstić information content (AvgIpc) is 4.13. The molecule has 0 aliphatic carbocycles. The maximum Gasteiger partial charge on any atom is 0.0857 e. The van der Waals surface area contributed by atoms with E-state index in [9.17, 15) is 0 Å². The van der Waals surface area contributed by atoms with Crippen molar-refractivity contribution < 1.29 is 0 Å². The second-order valence-corrected chi connectivity index (χ2v) is 32.5. The van der Waals surface area contributed by atoms with Crippen LogP contribution in [0, 0.1) is 0 Å². The quantitative estimate of drug-likeness (QED) is 0.0422. The lowest BCUT2D eigenvalue weighted by Gasteiger charge is -2.06. The van der Waals surface area contributed by atoms with Crippen molar-refractivity contribution in [2.45, 2.75) is 262 Å². The normalized spacial score (nSPS) is 11.9. The molecule has 0 saturated heterocycles. The van der Waals surface area contributed by atoms with Crippen molar-refractivity contribution in [2.24, 2.45) is 0 Å². The second kappa shape index (κ2) is 31.6. The fourth-order valence-corrected chi connectivity index (χ4v) is 26.5. The molecule has 0 amide bonds. The van der Waals surface area contributed by atoms with Crippen LogP contribution in [0.2, 0.25) is 0 Å². The van der Waals surface area contributed by atoms with Crippen molar-refractivity contribution in [3.63, 3.8) is 0 Å². The van der Waals surface area contributed by atoms with Crippen LogP contribution in [-0.4, -0.2) is 0 Å². The van der Waals surface area contributed by atoms with Gasteiger partial charge in [-0.05, 0) is 184 Å². The molecule has 0 atom stereocenters. The molecule has 70 heavy (non-hydrogen) atoms. The Kier molecular flexibility index (Phi) is 26.6. The van der Waals surface area contributed by atoms with E-state index in [0.29, 0.717) is 0 Å². The van der Waals surface area contributed by atoms with E-state index in [2.05, 4.69) is 183 Å². The Hall–Kier alpha value is -0.400. The van der Waals surface area contributed by atoms with Crippen molar-refractivity contribution in [3.05, 3.63) is 55.6 Å². The van der Waals surface area contributed by atoms with Gasteiger partial charge in [0.15, 0.2) is 0 Å². The average molecular weight is 1130 g/mol. The van der Waals surface area contributed by atoms with Gasteiger partial charge in [0.2, 0.25) is 0 Å². The first-order chi connectivity index (χ1) is 34.3. The molecule has 6 aromatic rings. The third-order valence-corrected chi connectivity index (χ3v) is 27.6. The molecule has 0 nitrogen and oxygen atoms in total. The van der Waals surface area contributed by atoms with Gasteiger partial charge >= 0.3 is 0 Å². The van der Waals surface area contributed by atoms with Crippen LogP contribution in [0.5, 0.6) is 0 Å². The molecule has 0 fully saturated rings. The lowest BCUT2D eigenvalue weighted by molar-refractivity contribution is 0.767. The van der Waals surface area contributed by atoms with Crippen LogP contribution in [0.3, 0.4) is 0 Å². The third kappa shape index (κ3) is 15.4. The Morgan fingerprint density at radius 1 is 0.157 bits per heavy atom. The highest BCUT2D eigenvalue weighted by molar-refractivity contribution is 7.60. The first-order valence-electron chi connectivity index (χ1n) is 28.4. The van der Waals surface area contributed by atoms with Crippen molar-refractivity contribution in [1.29, 1.82) is 0 Å². The zero-order chi connectivity index (χ0) is 49.8. The SMILES string of the molecule is CCCCc1c(CCCC)c2sc1sc1sc(sc3sc(sc4sc(sc5sc(s2)c(CCCC)c5CCCC)c(CCCC)c4CCCC)c(CCCC)c3CCCC)c(CCCC)c1CCCC. The highest BCUT2D eigenvalue weighted by Gasteiger charge is 2.22. The van der Waals surface area contributed by atoms with E-state index < -0.39 is 0 Å². The summed E-state index contributed by atoms with van der Waals surface area (Å²) in [6.07, 6.45) is 37.3. The Morgan fingerprint density at radius 3 is 0.314 bits per heavy atom. The molecule has 0 radical (unpaired) electrons. The van der Waals surface area contributed by atoms with Crippen molar-refractivity contribution in [1.82, 2.24) is 0 Å². The van der Waals surface area contributed by atoms with Crippen LogP contribution < -0.4 is 0 Å². The molecule has 0 spiro atoms. The van der Waals surface area contributed by atoms with E-state index in [1.165, 1.54) is 193 Å². The van der Waals surface area contributed by atoms with E-state index in [0.717, 1.165) is 0 Å². The van der Waals surface area contributed by atoms with Gasteiger partial charge in [0.05, 0.1) is 40.1 Å². The first-order valence-corrected chi connectivity index (χ1v) is 36.6.